The maximum atomic E-state index is 13.5. The Morgan fingerprint density at radius 1 is 1.00 bits per heavy atom. The van der Waals surface area contributed by atoms with Crippen LogP contribution in [0.1, 0.15) is 30.5 Å². The molecule has 2 aromatic heterocycles. The molecule has 4 rings (SSSR count). The Bertz CT molecular complexity index is 1600. The van der Waals surface area contributed by atoms with Gasteiger partial charge in [0.05, 0.1) is 23.2 Å². The van der Waals surface area contributed by atoms with Crippen LogP contribution in [0.5, 0.6) is 0 Å². The Morgan fingerprint density at radius 3 is 2.31 bits per heavy atom. The summed E-state index contributed by atoms with van der Waals surface area (Å²) in [5.41, 5.74) is -2.72. The van der Waals surface area contributed by atoms with Crippen LogP contribution in [0.15, 0.2) is 76.6 Å². The first kappa shape index (κ1) is 27.6. The van der Waals surface area contributed by atoms with Crippen molar-refractivity contribution < 1.29 is 18.1 Å². The minimum absolute atomic E-state index is 0.0509. The van der Waals surface area contributed by atoms with Gasteiger partial charge in [0.2, 0.25) is 0 Å². The Labute approximate surface area is 220 Å². The lowest BCUT2D eigenvalue weighted by Gasteiger charge is -2.17. The predicted molar refractivity (Wildman–Crippen MR) is 138 cm³/mol. The normalized spacial score (nSPS) is 11.7. The van der Waals surface area contributed by atoms with Crippen LogP contribution in [0.25, 0.3) is 11.3 Å². The molecule has 0 atom stereocenters. The van der Waals surface area contributed by atoms with E-state index in [0.717, 1.165) is 16.2 Å². The average Bonchev–Trinajstić information content (AvgIpc) is 3.33. The van der Waals surface area contributed by atoms with Gasteiger partial charge in [-0.1, -0.05) is 62.4 Å². The second-order valence-electron chi connectivity index (χ2n) is 9.52. The van der Waals surface area contributed by atoms with E-state index in [9.17, 15) is 32.9 Å². The van der Waals surface area contributed by atoms with E-state index in [0.29, 0.717) is 6.42 Å². The lowest BCUT2D eigenvalue weighted by atomic mass is 10.1. The molecular weight excluding hydrogens is 515 g/mol. The zero-order valence-electron chi connectivity index (χ0n) is 21.3. The lowest BCUT2D eigenvalue weighted by molar-refractivity contribution is -0.386. The van der Waals surface area contributed by atoms with Gasteiger partial charge >= 0.3 is 23.1 Å². The van der Waals surface area contributed by atoms with Gasteiger partial charge in [-0.3, -0.25) is 28.7 Å². The summed E-state index contributed by atoms with van der Waals surface area (Å²) in [6.07, 6.45) is -1.75. The van der Waals surface area contributed by atoms with Crippen molar-refractivity contribution >= 4 is 5.69 Å². The molecule has 0 spiro atoms. The van der Waals surface area contributed by atoms with Crippen LogP contribution in [0, 0.1) is 16.0 Å². The molecule has 0 aliphatic rings. The third kappa shape index (κ3) is 6.00. The zero-order chi connectivity index (χ0) is 28.3. The van der Waals surface area contributed by atoms with Gasteiger partial charge in [-0.15, -0.1) is 0 Å². The van der Waals surface area contributed by atoms with E-state index in [1.807, 2.05) is 44.2 Å². The summed E-state index contributed by atoms with van der Waals surface area (Å²) in [5.74, 6) is -0.116. The minimum atomic E-state index is -4.58. The number of aromatic nitrogens is 4. The Balaban J connectivity index is 1.82. The summed E-state index contributed by atoms with van der Waals surface area (Å²) in [4.78, 5) is 38.2. The molecule has 12 heteroatoms. The van der Waals surface area contributed by atoms with Gasteiger partial charge in [-0.05, 0) is 29.5 Å². The molecule has 0 N–H and O–H groups in total. The molecule has 2 aromatic carbocycles. The number of nitrogens with zero attached hydrogens (tertiary/aromatic N) is 5. The average molecular weight is 542 g/mol. The summed E-state index contributed by atoms with van der Waals surface area (Å²) in [5, 5.41) is 16.3. The largest absolute Gasteiger partial charge is 0.416 e. The molecule has 0 saturated carbocycles. The summed E-state index contributed by atoms with van der Waals surface area (Å²) in [6, 6.07) is 14.1. The van der Waals surface area contributed by atoms with Crippen molar-refractivity contribution in [1.82, 2.24) is 18.9 Å². The predicted octanol–water partition coefficient (Wildman–Crippen LogP) is 4.75. The molecule has 0 unspecified atom stereocenters. The van der Waals surface area contributed by atoms with Crippen molar-refractivity contribution in [2.75, 3.05) is 0 Å². The van der Waals surface area contributed by atoms with Gasteiger partial charge in [-0.2, -0.15) is 18.3 Å². The van der Waals surface area contributed by atoms with Crippen LogP contribution >= 0.6 is 0 Å². The van der Waals surface area contributed by atoms with Crippen LogP contribution in [0.4, 0.5) is 18.9 Å². The number of hydrogen-bond donors (Lipinski definition) is 0. The topological polar surface area (TPSA) is 105 Å². The fraction of sp³-hybridized carbons (Fsp3) is 0.296. The van der Waals surface area contributed by atoms with E-state index in [-0.39, 0.29) is 42.4 Å². The summed E-state index contributed by atoms with van der Waals surface area (Å²) >= 11 is 0. The fourth-order valence-electron chi connectivity index (χ4n) is 4.44. The van der Waals surface area contributed by atoms with Gasteiger partial charge in [0, 0.05) is 24.8 Å². The van der Waals surface area contributed by atoms with E-state index in [1.165, 1.54) is 39.8 Å². The molecular formula is C27H26F3N5O4. The third-order valence-corrected chi connectivity index (χ3v) is 6.16. The summed E-state index contributed by atoms with van der Waals surface area (Å²) in [7, 11) is 0. The molecule has 0 aliphatic heterocycles. The number of rotatable bonds is 9. The molecule has 4 aromatic rings. The van der Waals surface area contributed by atoms with Crippen molar-refractivity contribution in [3.05, 3.63) is 115 Å². The molecule has 0 fully saturated rings. The summed E-state index contributed by atoms with van der Waals surface area (Å²) in [6.45, 7) is 3.38. The Kier molecular flexibility index (Phi) is 7.84. The third-order valence-electron chi connectivity index (χ3n) is 6.16. The number of alkyl halides is 3. The highest BCUT2D eigenvalue weighted by Gasteiger charge is 2.33. The van der Waals surface area contributed by atoms with Crippen LogP contribution < -0.4 is 11.2 Å². The highest BCUT2D eigenvalue weighted by Crippen LogP contribution is 2.32. The van der Waals surface area contributed by atoms with Gasteiger partial charge in [-0.25, -0.2) is 4.79 Å². The molecule has 0 aliphatic carbocycles. The summed E-state index contributed by atoms with van der Waals surface area (Å²) < 4.78 is 43.6. The number of nitro groups is 1. The highest BCUT2D eigenvalue weighted by molar-refractivity contribution is 5.68. The first-order chi connectivity index (χ1) is 18.5. The van der Waals surface area contributed by atoms with E-state index in [2.05, 4.69) is 5.10 Å². The van der Waals surface area contributed by atoms with E-state index >= 15 is 0 Å². The van der Waals surface area contributed by atoms with Crippen molar-refractivity contribution in [3.63, 3.8) is 0 Å². The number of hydrogen-bond acceptors (Lipinski definition) is 5. The molecule has 204 valence electrons. The van der Waals surface area contributed by atoms with Crippen molar-refractivity contribution in [1.29, 1.82) is 0 Å². The maximum absolute atomic E-state index is 13.5. The number of aryl methyl sites for hydroxylation is 1. The van der Waals surface area contributed by atoms with Crippen LogP contribution in [0.3, 0.4) is 0 Å². The first-order valence-corrected chi connectivity index (χ1v) is 12.2. The zero-order valence-corrected chi connectivity index (χ0v) is 21.3. The maximum Gasteiger partial charge on any atom is 0.416 e. The highest BCUT2D eigenvalue weighted by atomic mass is 19.4. The SMILES string of the molecule is CC(C)Cn1c(-c2cnn(Cc3ccccc3C(F)(F)F)c2)c([N+](=O)[O-])c(=O)n(CCc2ccccc2)c1=O. The molecule has 0 radical (unpaired) electrons. The molecule has 0 amide bonds. The number of benzene rings is 2. The molecule has 2 heterocycles. The molecule has 9 nitrogen and oxygen atoms in total. The Morgan fingerprint density at radius 2 is 1.67 bits per heavy atom. The van der Waals surface area contributed by atoms with Crippen LogP contribution in [-0.4, -0.2) is 23.8 Å². The van der Waals surface area contributed by atoms with E-state index in [1.54, 1.807) is 0 Å². The van der Waals surface area contributed by atoms with Crippen molar-refractivity contribution in [2.45, 2.75) is 46.1 Å². The van der Waals surface area contributed by atoms with Gasteiger partial charge in [0.1, 0.15) is 5.69 Å². The smallest absolute Gasteiger partial charge is 0.287 e. The number of halogens is 3. The van der Waals surface area contributed by atoms with E-state index < -0.39 is 33.6 Å². The standard InChI is InChI=1S/C27H26F3N5O4/c1-18(2)15-34-23(21-14-31-32(17-21)16-20-10-6-7-11-22(20)27(28,29)30)24(35(38)39)25(36)33(26(34)37)13-12-19-8-4-3-5-9-19/h3-11,14,17-18H,12-13,15-16H2,1-2H3. The fourth-order valence-corrected chi connectivity index (χ4v) is 4.44. The second-order valence-corrected chi connectivity index (χ2v) is 9.52. The van der Waals surface area contributed by atoms with Crippen molar-refractivity contribution in [2.24, 2.45) is 5.92 Å². The molecule has 0 bridgehead atoms. The first-order valence-electron chi connectivity index (χ1n) is 12.2. The lowest BCUT2D eigenvalue weighted by Crippen LogP contribution is -2.42. The van der Waals surface area contributed by atoms with E-state index in [4.69, 9.17) is 0 Å². The Hall–Kier alpha value is -4.48. The monoisotopic (exact) mass is 541 g/mol. The van der Waals surface area contributed by atoms with Gasteiger partial charge < -0.3 is 0 Å². The van der Waals surface area contributed by atoms with Gasteiger partial charge in [0.15, 0.2) is 0 Å². The van der Waals surface area contributed by atoms with Crippen molar-refractivity contribution in [3.8, 4) is 11.3 Å². The minimum Gasteiger partial charge on any atom is -0.287 e. The molecule has 0 saturated heterocycles. The van der Waals surface area contributed by atoms with Crippen LogP contribution in [0.2, 0.25) is 0 Å². The quantitative estimate of drug-likeness (QED) is 0.225. The second kappa shape index (κ2) is 11.1. The molecule has 39 heavy (non-hydrogen) atoms. The van der Waals surface area contributed by atoms with Crippen LogP contribution in [-0.2, 0) is 32.2 Å². The van der Waals surface area contributed by atoms with Gasteiger partial charge in [0.25, 0.3) is 0 Å².